The van der Waals surface area contributed by atoms with Crippen LogP contribution >= 0.6 is 35.3 Å². The number of amides is 13. The lowest BCUT2D eigenvalue weighted by Gasteiger charge is -2.33. The topological polar surface area (TPSA) is 623 Å². The van der Waals surface area contributed by atoms with Crippen molar-refractivity contribution in [2.75, 3.05) is 43.1 Å². The first-order chi connectivity index (χ1) is 56.3. The first kappa shape index (κ1) is 93.8. The van der Waals surface area contributed by atoms with E-state index >= 15 is 9.59 Å². The zero-order valence-electron chi connectivity index (χ0n) is 65.0. The summed E-state index contributed by atoms with van der Waals surface area (Å²) in [5.74, 6) is -17.6. The lowest BCUT2D eigenvalue weighted by Crippen LogP contribution is -2.62. The Kier molecular flexibility index (Phi) is 37.5. The number of aliphatic carboxylic acids is 3. The van der Waals surface area contributed by atoms with Crippen LogP contribution in [-0.4, -0.2) is 269 Å². The minimum Gasteiger partial charge on any atom is -0.481 e. The van der Waals surface area contributed by atoms with Gasteiger partial charge in [-0.1, -0.05) is 84.9 Å². The minimum absolute atomic E-state index is 0.00295. The van der Waals surface area contributed by atoms with Gasteiger partial charge in [-0.05, 0) is 92.6 Å². The molecule has 2 bridgehead atoms. The Hall–Kier alpha value is -11.4. The number of nitrogens with two attached hydrogens (primary N) is 3. The molecule has 2 fully saturated rings. The molecule has 39 nitrogen and oxygen atoms in total. The Morgan fingerprint density at radius 1 is 0.619 bits per heavy atom. The van der Waals surface area contributed by atoms with Gasteiger partial charge in [0.2, 0.25) is 76.8 Å². The number of aliphatic hydroxyl groups excluding tert-OH is 1. The Labute approximate surface area is 691 Å². The van der Waals surface area contributed by atoms with Crippen LogP contribution in [-0.2, 0) is 107 Å². The first-order valence-corrected chi connectivity index (χ1v) is 41.9. The Bertz CT molecular complexity index is 4190. The number of benzene rings is 3. The SMILES string of the molecule is CSCCC(N)C(=O)N[C@H]1CSCc2cccc(c2)CSC[C@@H](C(=O)N[C@@H](CC(=O)O)C(=O)N[C@@H](Cc2c[nH]cn2)C(=O)N[C@@H](Cc2ccccc2)C(=O)N[C@@H](CCCNC(=N)N)C(=O)N[C@@H](CC(=O)O)C(N)=O)NC(=O)[C@H](Cc2ccccc2)NC(=O)[C@H](CCC(=O)O)NC(=O)[C@H]([C@@H](C)O)NC(=O)[C@@H]2CCCN2C(=O)[C@@H]2CCCN2C1=O. The molecular formula is C76H103N19O20S3. The van der Waals surface area contributed by atoms with Gasteiger partial charge in [-0.3, -0.25) is 82.1 Å². The lowest BCUT2D eigenvalue weighted by atomic mass is 10.0. The largest absolute Gasteiger partial charge is 0.481 e. The predicted octanol–water partition coefficient (Wildman–Crippen LogP) is -3.53. The molecule has 0 saturated carbocycles. The van der Waals surface area contributed by atoms with Crippen molar-refractivity contribution in [2.24, 2.45) is 17.2 Å². The summed E-state index contributed by atoms with van der Waals surface area (Å²) in [6, 6.07) is 2.80. The van der Waals surface area contributed by atoms with Gasteiger partial charge in [0, 0.05) is 74.5 Å². The van der Waals surface area contributed by atoms with Crippen LogP contribution in [0.4, 0.5) is 0 Å². The molecule has 13 amide bonds. The van der Waals surface area contributed by atoms with Crippen LogP contribution in [0.3, 0.4) is 0 Å². The Morgan fingerprint density at radius 2 is 1.18 bits per heavy atom. The van der Waals surface area contributed by atoms with Crippen molar-refractivity contribution in [3.63, 3.8) is 0 Å². The lowest BCUT2D eigenvalue weighted by molar-refractivity contribution is -0.148. The number of hydrogen-bond acceptors (Lipinski definition) is 23. The fraction of sp³-hybridized carbons (Fsp3) is 0.500. The molecule has 2 saturated heterocycles. The maximum absolute atomic E-state index is 15.2. The normalized spacial score (nSPS) is 21.0. The Morgan fingerprint density at radius 3 is 1.77 bits per heavy atom. The van der Waals surface area contributed by atoms with E-state index in [2.05, 4.69) is 68.5 Å². The second-order valence-electron chi connectivity index (χ2n) is 28.6. The minimum atomic E-state index is -2.10. The smallest absolute Gasteiger partial charge is 0.305 e. The van der Waals surface area contributed by atoms with Crippen molar-refractivity contribution in [1.82, 2.24) is 78.3 Å². The van der Waals surface area contributed by atoms with E-state index in [9.17, 15) is 87.5 Å². The number of nitrogens with zero attached hydrogens (tertiary/aromatic N) is 3. The number of hydrogen-bond donors (Lipinski definition) is 20. The van der Waals surface area contributed by atoms with Gasteiger partial charge in [-0.15, -0.1) is 0 Å². The molecule has 3 aromatic carbocycles. The molecule has 1 aromatic heterocycles. The van der Waals surface area contributed by atoms with Crippen LogP contribution in [0.15, 0.2) is 97.5 Å². The molecule has 118 heavy (non-hydrogen) atoms. The van der Waals surface area contributed by atoms with Gasteiger partial charge in [0.05, 0.1) is 37.0 Å². The number of carbonyl (C=O) groups excluding carboxylic acids is 13. The molecule has 0 spiro atoms. The zero-order valence-corrected chi connectivity index (χ0v) is 67.4. The van der Waals surface area contributed by atoms with Crippen LogP contribution in [0, 0.1) is 5.41 Å². The van der Waals surface area contributed by atoms with Crippen LogP contribution in [0.1, 0.15) is 106 Å². The Balaban J connectivity index is 1.24. The van der Waals surface area contributed by atoms with Gasteiger partial charge in [0.1, 0.15) is 72.5 Å². The summed E-state index contributed by atoms with van der Waals surface area (Å²) in [5, 5.41) is 76.3. The molecule has 0 radical (unpaired) electrons. The average Bonchev–Trinajstić information content (AvgIpc) is 1.64. The van der Waals surface area contributed by atoms with E-state index in [1.807, 2.05) is 12.3 Å². The average molecular weight is 1700 g/mol. The number of thioether (sulfide) groups is 3. The second-order valence-corrected chi connectivity index (χ2v) is 31.6. The summed E-state index contributed by atoms with van der Waals surface area (Å²) in [5.41, 5.74) is 19.6. The summed E-state index contributed by atoms with van der Waals surface area (Å²) in [6.07, 6.45) is -0.834. The van der Waals surface area contributed by atoms with Gasteiger partial charge in [-0.25, -0.2) is 4.98 Å². The molecular weight excluding hydrogens is 1600 g/mol. The third-order valence-electron chi connectivity index (χ3n) is 19.4. The highest BCUT2D eigenvalue weighted by atomic mass is 32.2. The number of carboxylic acids is 3. The van der Waals surface area contributed by atoms with Gasteiger partial charge in [0.25, 0.3) is 0 Å². The van der Waals surface area contributed by atoms with Crippen molar-refractivity contribution in [2.45, 2.75) is 193 Å². The summed E-state index contributed by atoms with van der Waals surface area (Å²) in [7, 11) is 0. The fourth-order valence-electron chi connectivity index (χ4n) is 13.3. The standard InChI is InChI=1S/C76H103N19O20S3/c1-41(96)62-73(113)85-49(22-23-59(97)98)66(106)87-52(31-43-15-7-4-8-16-43)68(108)91-55(38-117-36-44-17-9-18-45(29-44)37-118-39-56(92-64(104)47(77)24-28-116-2)74(114)95-27-12-21-58(95)75(115)94-26-11-20-57(94)72(112)93-62)71(111)90-54(34-61(101)102)70(110)89-53(32-46-35-81-40-83-46)69(109)88-51(30-42-13-5-3-6-14-42)67(107)84-48(19-10-25-82-76(79)80)65(105)86-50(63(78)103)33-60(99)100/h3-9,13-18,29,35,40-41,47-58,62,96H,10-12,19-28,30-34,36-39,77H2,1-2H3,(H2,78,103)(H,81,83)(H,84,107)(H,85,113)(H,86,105)(H,87,106)(H,88,109)(H,89,110)(H,90,111)(H,91,108)(H,92,104)(H,93,112)(H,97,98)(H,99,100)(H,101,102)(H4,79,80,82)/t41-,47?,48+,49+,50+,51+,52+,53+,54+,55+,56+,57+,58+,62+/m1/s1. The molecule has 1 unspecified atom stereocenters. The molecule has 23 N–H and O–H groups in total. The summed E-state index contributed by atoms with van der Waals surface area (Å²) in [6.45, 7) is 1.33. The highest BCUT2D eigenvalue weighted by molar-refractivity contribution is 7.99. The fourth-order valence-corrected chi connectivity index (χ4v) is 15.8. The van der Waals surface area contributed by atoms with Crippen molar-refractivity contribution < 1.29 is 97.1 Å². The van der Waals surface area contributed by atoms with Gasteiger partial charge >= 0.3 is 17.9 Å². The summed E-state index contributed by atoms with van der Waals surface area (Å²) in [4.78, 5) is 234. The number of nitrogens with one attached hydrogen (secondary N) is 13. The number of carboxylic acid groups (broad SMARTS) is 3. The molecule has 3 aliphatic heterocycles. The molecule has 4 heterocycles. The highest BCUT2D eigenvalue weighted by Crippen LogP contribution is 2.28. The number of rotatable bonds is 34. The quantitative estimate of drug-likeness (QED) is 0.0122. The highest BCUT2D eigenvalue weighted by Gasteiger charge is 2.46. The number of primary amides is 1. The van der Waals surface area contributed by atoms with Crippen molar-refractivity contribution in [1.29, 1.82) is 5.41 Å². The number of fused-ring (bicyclic) bond motifs is 4. The van der Waals surface area contributed by atoms with Crippen LogP contribution in [0.5, 0.6) is 0 Å². The zero-order chi connectivity index (χ0) is 86.1. The third kappa shape index (κ3) is 30.0. The number of imidazole rings is 1. The first-order valence-electron chi connectivity index (χ1n) is 38.2. The number of aromatic nitrogens is 2. The van der Waals surface area contributed by atoms with E-state index in [-0.39, 0.29) is 93.3 Å². The van der Waals surface area contributed by atoms with Crippen LogP contribution in [0.2, 0.25) is 0 Å². The van der Waals surface area contributed by atoms with Gasteiger partial charge in [0.15, 0.2) is 5.96 Å². The van der Waals surface area contributed by atoms with Crippen LogP contribution < -0.4 is 75.7 Å². The van der Waals surface area contributed by atoms with Crippen molar-refractivity contribution >= 4 is 136 Å². The van der Waals surface area contributed by atoms with Crippen LogP contribution in [0.25, 0.3) is 0 Å². The van der Waals surface area contributed by atoms with E-state index in [1.165, 1.54) is 45.8 Å². The van der Waals surface area contributed by atoms with E-state index in [4.69, 9.17) is 22.6 Å². The number of carbonyl (C=O) groups is 16. The molecule has 3 aliphatic rings. The van der Waals surface area contributed by atoms with E-state index < -0.39 is 217 Å². The molecule has 42 heteroatoms. The van der Waals surface area contributed by atoms with E-state index in [0.29, 0.717) is 35.3 Å². The maximum atomic E-state index is 15.2. The molecule has 14 atom stereocenters. The third-order valence-corrected chi connectivity index (χ3v) is 22.3. The second kappa shape index (κ2) is 47.1. The molecule has 0 aliphatic carbocycles. The van der Waals surface area contributed by atoms with Crippen molar-refractivity contribution in [3.05, 3.63) is 125 Å². The van der Waals surface area contributed by atoms with Gasteiger partial charge < -0.3 is 111 Å². The molecule has 640 valence electrons. The molecule has 4 aromatic rings. The maximum Gasteiger partial charge on any atom is 0.305 e. The monoisotopic (exact) mass is 1700 g/mol. The number of aliphatic hydroxyl groups is 1. The summed E-state index contributed by atoms with van der Waals surface area (Å²) < 4.78 is 0. The summed E-state index contributed by atoms with van der Waals surface area (Å²) >= 11 is 3.82. The van der Waals surface area contributed by atoms with Crippen molar-refractivity contribution in [3.8, 4) is 0 Å². The van der Waals surface area contributed by atoms with E-state index in [0.717, 1.165) is 24.2 Å². The number of aromatic amines is 1. The van der Waals surface area contributed by atoms with Gasteiger partial charge in [-0.2, -0.15) is 35.3 Å². The van der Waals surface area contributed by atoms with E-state index in [1.54, 1.807) is 78.9 Å². The molecule has 7 rings (SSSR count). The predicted molar refractivity (Wildman–Crippen MR) is 433 cm³/mol. The number of H-pyrrole nitrogens is 1. The number of guanidine groups is 1.